The number of carbonyl (C=O) groups excluding carboxylic acids is 1. The maximum absolute atomic E-state index is 12.6. The highest BCUT2D eigenvalue weighted by Crippen LogP contribution is 2.21. The van der Waals surface area contributed by atoms with Crippen LogP contribution in [0.2, 0.25) is 0 Å². The van der Waals surface area contributed by atoms with Gasteiger partial charge in [0.2, 0.25) is 0 Å². The Kier molecular flexibility index (Phi) is 6.04. The third kappa shape index (κ3) is 4.31. The van der Waals surface area contributed by atoms with Crippen molar-refractivity contribution >= 4 is 5.91 Å². The normalized spacial score (nSPS) is 16.7. The molecule has 1 aromatic carbocycles. The van der Waals surface area contributed by atoms with Gasteiger partial charge in [-0.25, -0.2) is 0 Å². The molecule has 0 spiro atoms. The predicted octanol–water partition coefficient (Wildman–Crippen LogP) is 3.56. The molecule has 2 heterocycles. The molecule has 0 N–H and O–H groups in total. The number of pyridine rings is 1. The molecule has 1 fully saturated rings. The topological polar surface area (TPSA) is 36.4 Å². The molecule has 138 valence electrons. The number of hydrogen-bond acceptors (Lipinski definition) is 3. The number of hydrogen-bond donors (Lipinski definition) is 0. The Labute approximate surface area is 156 Å². The molecule has 0 radical (unpaired) electrons. The molecule has 0 unspecified atom stereocenters. The van der Waals surface area contributed by atoms with Crippen LogP contribution in [0, 0.1) is 6.92 Å². The number of amides is 1. The van der Waals surface area contributed by atoms with Crippen LogP contribution in [0.4, 0.5) is 0 Å². The molecule has 4 nitrogen and oxygen atoms in total. The lowest BCUT2D eigenvalue weighted by molar-refractivity contribution is 0.0607. The highest BCUT2D eigenvalue weighted by Gasteiger charge is 2.28. The van der Waals surface area contributed by atoms with Gasteiger partial charge in [0.25, 0.3) is 5.91 Å². The number of piperidine rings is 1. The molecule has 4 heteroatoms. The van der Waals surface area contributed by atoms with Gasteiger partial charge in [-0.1, -0.05) is 24.3 Å². The quantitative estimate of drug-likeness (QED) is 0.826. The van der Waals surface area contributed by atoms with Crippen molar-refractivity contribution in [2.45, 2.75) is 45.2 Å². The maximum Gasteiger partial charge on any atom is 0.253 e. The van der Waals surface area contributed by atoms with Gasteiger partial charge in [-0.05, 0) is 57.5 Å². The fraction of sp³-hybridized carbons (Fsp3) is 0.455. The van der Waals surface area contributed by atoms with Gasteiger partial charge in [-0.3, -0.25) is 9.78 Å². The Balaban J connectivity index is 1.54. The smallest absolute Gasteiger partial charge is 0.253 e. The van der Waals surface area contributed by atoms with E-state index in [2.05, 4.69) is 36.8 Å². The van der Waals surface area contributed by atoms with Crippen LogP contribution < -0.4 is 0 Å². The number of nitrogens with zero attached hydrogens (tertiary/aromatic N) is 3. The van der Waals surface area contributed by atoms with E-state index in [1.165, 1.54) is 11.3 Å². The van der Waals surface area contributed by atoms with E-state index in [1.807, 2.05) is 47.5 Å². The SMILES string of the molecule is Cc1cccnc1C[C@@H](C)N(C)C1CCN(C(=O)c2ccccc2)CC1. The number of aryl methyl sites for hydroxylation is 1. The fourth-order valence-electron chi connectivity index (χ4n) is 3.76. The Morgan fingerprint density at radius 3 is 2.54 bits per heavy atom. The summed E-state index contributed by atoms with van der Waals surface area (Å²) in [6, 6.07) is 14.7. The molecule has 1 saturated heterocycles. The van der Waals surface area contributed by atoms with Crippen molar-refractivity contribution in [2.24, 2.45) is 0 Å². The summed E-state index contributed by atoms with van der Waals surface area (Å²) < 4.78 is 0. The van der Waals surface area contributed by atoms with Crippen LogP contribution in [0.25, 0.3) is 0 Å². The first kappa shape index (κ1) is 18.6. The highest BCUT2D eigenvalue weighted by molar-refractivity contribution is 5.94. The summed E-state index contributed by atoms with van der Waals surface area (Å²) in [5, 5.41) is 0. The molecule has 0 saturated carbocycles. The van der Waals surface area contributed by atoms with E-state index in [0.29, 0.717) is 12.1 Å². The van der Waals surface area contributed by atoms with E-state index < -0.39 is 0 Å². The van der Waals surface area contributed by atoms with Crippen molar-refractivity contribution in [3.8, 4) is 0 Å². The van der Waals surface area contributed by atoms with Crippen LogP contribution in [0.3, 0.4) is 0 Å². The maximum atomic E-state index is 12.6. The summed E-state index contributed by atoms with van der Waals surface area (Å²) in [5.41, 5.74) is 3.23. The summed E-state index contributed by atoms with van der Waals surface area (Å²) in [5.74, 6) is 0.156. The van der Waals surface area contributed by atoms with E-state index in [-0.39, 0.29) is 5.91 Å². The molecule has 0 aliphatic carbocycles. The van der Waals surface area contributed by atoms with Gasteiger partial charge in [0.1, 0.15) is 0 Å². The molecular formula is C22H29N3O. The second-order valence-corrected chi connectivity index (χ2v) is 7.38. The van der Waals surface area contributed by atoms with Crippen molar-refractivity contribution in [3.63, 3.8) is 0 Å². The van der Waals surface area contributed by atoms with E-state index in [9.17, 15) is 4.79 Å². The summed E-state index contributed by atoms with van der Waals surface area (Å²) in [6.07, 6.45) is 4.90. The number of carbonyl (C=O) groups is 1. The van der Waals surface area contributed by atoms with Gasteiger partial charge in [-0.15, -0.1) is 0 Å². The third-order valence-corrected chi connectivity index (χ3v) is 5.65. The summed E-state index contributed by atoms with van der Waals surface area (Å²) in [6.45, 7) is 6.06. The van der Waals surface area contributed by atoms with Crippen LogP contribution in [-0.4, -0.2) is 52.9 Å². The standard InChI is InChI=1S/C22H29N3O/c1-17-8-7-13-23-21(17)16-18(2)24(3)20-11-14-25(15-12-20)22(26)19-9-5-4-6-10-19/h4-10,13,18,20H,11-12,14-16H2,1-3H3/t18-/m1/s1. The van der Waals surface area contributed by atoms with Gasteiger partial charge < -0.3 is 9.80 Å². The molecule has 1 amide bonds. The Morgan fingerprint density at radius 2 is 1.88 bits per heavy atom. The number of likely N-dealkylation sites (tertiary alicyclic amines) is 1. The zero-order valence-corrected chi connectivity index (χ0v) is 16.1. The summed E-state index contributed by atoms with van der Waals surface area (Å²) in [7, 11) is 2.21. The Hall–Kier alpha value is -2.20. The lowest BCUT2D eigenvalue weighted by Crippen LogP contribution is -2.48. The van der Waals surface area contributed by atoms with E-state index in [4.69, 9.17) is 0 Å². The lowest BCUT2D eigenvalue weighted by Gasteiger charge is -2.39. The van der Waals surface area contributed by atoms with Crippen LogP contribution in [0.1, 0.15) is 41.4 Å². The minimum Gasteiger partial charge on any atom is -0.339 e. The summed E-state index contributed by atoms with van der Waals surface area (Å²) >= 11 is 0. The van der Waals surface area contributed by atoms with Crippen molar-refractivity contribution in [1.29, 1.82) is 0 Å². The van der Waals surface area contributed by atoms with E-state index in [1.54, 1.807) is 0 Å². The van der Waals surface area contributed by atoms with E-state index in [0.717, 1.165) is 37.9 Å². The summed E-state index contributed by atoms with van der Waals surface area (Å²) in [4.78, 5) is 21.6. The first-order valence-electron chi connectivity index (χ1n) is 9.53. The number of aromatic nitrogens is 1. The lowest BCUT2D eigenvalue weighted by atomic mass is 9.99. The minimum atomic E-state index is 0.156. The molecule has 1 atom stereocenters. The van der Waals surface area contributed by atoms with Crippen LogP contribution in [0.5, 0.6) is 0 Å². The van der Waals surface area contributed by atoms with Crippen molar-refractivity contribution in [3.05, 3.63) is 65.5 Å². The predicted molar refractivity (Wildman–Crippen MR) is 105 cm³/mol. The fourth-order valence-corrected chi connectivity index (χ4v) is 3.76. The number of rotatable bonds is 5. The third-order valence-electron chi connectivity index (χ3n) is 5.65. The Bertz CT molecular complexity index is 723. The van der Waals surface area contributed by atoms with Crippen LogP contribution in [0.15, 0.2) is 48.7 Å². The second-order valence-electron chi connectivity index (χ2n) is 7.38. The molecule has 1 aliphatic heterocycles. The van der Waals surface area contributed by atoms with Crippen LogP contribution in [-0.2, 0) is 6.42 Å². The van der Waals surface area contributed by atoms with Gasteiger partial charge in [-0.2, -0.15) is 0 Å². The monoisotopic (exact) mass is 351 g/mol. The minimum absolute atomic E-state index is 0.156. The van der Waals surface area contributed by atoms with Crippen LogP contribution >= 0.6 is 0 Å². The second kappa shape index (κ2) is 8.45. The molecule has 2 aromatic rings. The van der Waals surface area contributed by atoms with Crippen molar-refractivity contribution in [1.82, 2.24) is 14.8 Å². The van der Waals surface area contributed by atoms with Crippen molar-refractivity contribution in [2.75, 3.05) is 20.1 Å². The molecule has 0 bridgehead atoms. The van der Waals surface area contributed by atoms with Gasteiger partial charge in [0.05, 0.1) is 0 Å². The molecule has 1 aromatic heterocycles. The molecule has 3 rings (SSSR count). The largest absolute Gasteiger partial charge is 0.339 e. The van der Waals surface area contributed by atoms with Gasteiger partial charge >= 0.3 is 0 Å². The Morgan fingerprint density at radius 1 is 1.19 bits per heavy atom. The average molecular weight is 351 g/mol. The van der Waals surface area contributed by atoms with Gasteiger partial charge in [0.15, 0.2) is 0 Å². The number of benzene rings is 1. The first-order valence-corrected chi connectivity index (χ1v) is 9.53. The average Bonchev–Trinajstić information content (AvgIpc) is 2.69. The molecule has 26 heavy (non-hydrogen) atoms. The van der Waals surface area contributed by atoms with E-state index >= 15 is 0 Å². The first-order chi connectivity index (χ1) is 12.6. The zero-order valence-electron chi connectivity index (χ0n) is 16.1. The van der Waals surface area contributed by atoms with Gasteiger partial charge in [0, 0.05) is 49.0 Å². The zero-order chi connectivity index (χ0) is 18.5. The molecular weight excluding hydrogens is 322 g/mol. The molecule has 1 aliphatic rings. The number of likely N-dealkylation sites (N-methyl/N-ethyl adjacent to an activating group) is 1. The highest BCUT2D eigenvalue weighted by atomic mass is 16.2. The van der Waals surface area contributed by atoms with Crippen molar-refractivity contribution < 1.29 is 4.79 Å².